The minimum absolute atomic E-state index is 0.0524. The number of aromatic nitrogens is 1. The van der Waals surface area contributed by atoms with Gasteiger partial charge in [0.15, 0.2) is 5.78 Å². The second-order valence-corrected chi connectivity index (χ2v) is 9.14. The number of carbonyl (C=O) groups is 1. The highest BCUT2D eigenvalue weighted by Gasteiger charge is 2.29. The van der Waals surface area contributed by atoms with Gasteiger partial charge in [-0.25, -0.2) is 4.39 Å². The van der Waals surface area contributed by atoms with Crippen molar-refractivity contribution in [3.8, 4) is 0 Å². The highest BCUT2D eigenvalue weighted by Crippen LogP contribution is 2.37. The number of rotatable bonds is 4. The topological polar surface area (TPSA) is 22.0 Å². The first-order valence-electron chi connectivity index (χ1n) is 10.4. The van der Waals surface area contributed by atoms with Crippen LogP contribution in [0.15, 0.2) is 72.9 Å². The zero-order valence-electron chi connectivity index (χ0n) is 17.3. The molecule has 2 nitrogen and oxygen atoms in total. The van der Waals surface area contributed by atoms with Gasteiger partial charge in [-0.15, -0.1) is 0 Å². The summed E-state index contributed by atoms with van der Waals surface area (Å²) in [5, 5.41) is 0.949. The molecule has 1 aliphatic carbocycles. The number of hydrogen-bond donors (Lipinski definition) is 0. The molecule has 0 aliphatic heterocycles. The maximum Gasteiger partial charge on any atom is 0.195 e. The Labute approximate surface area is 176 Å². The predicted molar refractivity (Wildman–Crippen MR) is 119 cm³/mol. The summed E-state index contributed by atoms with van der Waals surface area (Å²) in [6.45, 7) is 5.14. The van der Waals surface area contributed by atoms with Crippen molar-refractivity contribution in [3.63, 3.8) is 0 Å². The summed E-state index contributed by atoms with van der Waals surface area (Å²) in [5.41, 5.74) is 6.37. The van der Waals surface area contributed by atoms with E-state index in [0.29, 0.717) is 12.1 Å². The first-order valence-corrected chi connectivity index (χ1v) is 10.4. The highest BCUT2D eigenvalue weighted by atomic mass is 19.1. The lowest BCUT2D eigenvalue weighted by molar-refractivity contribution is 0.104. The summed E-state index contributed by atoms with van der Waals surface area (Å²) in [7, 11) is 0. The summed E-state index contributed by atoms with van der Waals surface area (Å²) in [5.74, 6) is -0.191. The summed E-state index contributed by atoms with van der Waals surface area (Å²) in [4.78, 5) is 13.5. The van der Waals surface area contributed by atoms with Crippen molar-refractivity contribution in [2.45, 2.75) is 33.2 Å². The molecule has 0 spiro atoms. The Morgan fingerprint density at radius 1 is 0.967 bits per heavy atom. The van der Waals surface area contributed by atoms with E-state index in [4.69, 9.17) is 0 Å². The smallest absolute Gasteiger partial charge is 0.195 e. The van der Waals surface area contributed by atoms with Crippen molar-refractivity contribution in [2.75, 3.05) is 0 Å². The van der Waals surface area contributed by atoms with Gasteiger partial charge in [0.1, 0.15) is 5.82 Å². The first-order chi connectivity index (χ1) is 14.4. The minimum atomic E-state index is -0.244. The maximum absolute atomic E-state index is 13.5. The molecular weight excluding hydrogens is 373 g/mol. The van der Waals surface area contributed by atoms with Gasteiger partial charge in [-0.05, 0) is 59.2 Å². The Bertz CT molecular complexity index is 1260. The third kappa shape index (κ3) is 3.35. The normalized spacial score (nSPS) is 14.8. The van der Waals surface area contributed by atoms with Crippen LogP contribution in [0.2, 0.25) is 0 Å². The SMILES string of the molecule is CC1(C)Cc2ccc(C(=O)c3cn(Cc4ccc(F)cc4)c4ccccc34)cc2C1. The van der Waals surface area contributed by atoms with E-state index in [-0.39, 0.29) is 17.0 Å². The van der Waals surface area contributed by atoms with Gasteiger partial charge in [0.25, 0.3) is 0 Å². The van der Waals surface area contributed by atoms with Gasteiger partial charge in [-0.1, -0.05) is 56.3 Å². The van der Waals surface area contributed by atoms with Crippen LogP contribution in [-0.4, -0.2) is 10.4 Å². The number of para-hydroxylation sites is 1. The van der Waals surface area contributed by atoms with Crippen molar-refractivity contribution in [2.24, 2.45) is 5.41 Å². The van der Waals surface area contributed by atoms with Crippen LogP contribution in [0, 0.1) is 11.2 Å². The fourth-order valence-electron chi connectivity index (χ4n) is 4.70. The molecule has 0 fully saturated rings. The molecule has 1 aliphatic rings. The third-order valence-electron chi connectivity index (χ3n) is 6.11. The van der Waals surface area contributed by atoms with Gasteiger partial charge in [-0.3, -0.25) is 4.79 Å². The number of halogens is 1. The molecule has 0 saturated heterocycles. The monoisotopic (exact) mass is 397 g/mol. The molecule has 0 N–H and O–H groups in total. The van der Waals surface area contributed by atoms with Gasteiger partial charge in [-0.2, -0.15) is 0 Å². The fourth-order valence-corrected chi connectivity index (χ4v) is 4.70. The molecule has 1 heterocycles. The zero-order chi connectivity index (χ0) is 20.9. The molecule has 0 saturated carbocycles. The highest BCUT2D eigenvalue weighted by molar-refractivity contribution is 6.16. The largest absolute Gasteiger partial charge is 0.342 e. The molecule has 3 aromatic carbocycles. The van der Waals surface area contributed by atoms with Crippen LogP contribution in [0.4, 0.5) is 4.39 Å². The zero-order valence-corrected chi connectivity index (χ0v) is 17.3. The fraction of sp³-hybridized carbons (Fsp3) is 0.222. The number of nitrogens with zero attached hydrogens (tertiary/aromatic N) is 1. The molecule has 0 amide bonds. The number of hydrogen-bond acceptors (Lipinski definition) is 1. The molecular formula is C27H24FNO. The van der Waals surface area contributed by atoms with Crippen LogP contribution >= 0.6 is 0 Å². The molecule has 0 unspecified atom stereocenters. The van der Waals surface area contributed by atoms with Crippen LogP contribution in [-0.2, 0) is 19.4 Å². The Hall–Kier alpha value is -3.20. The molecule has 0 atom stereocenters. The molecule has 0 bridgehead atoms. The van der Waals surface area contributed by atoms with Gasteiger partial charge in [0.05, 0.1) is 0 Å². The average molecular weight is 397 g/mol. The summed E-state index contributed by atoms with van der Waals surface area (Å²) < 4.78 is 15.3. The minimum Gasteiger partial charge on any atom is -0.342 e. The maximum atomic E-state index is 13.5. The number of benzene rings is 3. The van der Waals surface area contributed by atoms with Crippen LogP contribution in [0.1, 0.15) is 46.5 Å². The second kappa shape index (κ2) is 6.94. The Balaban J connectivity index is 1.53. The number of ketones is 1. The predicted octanol–water partition coefficient (Wildman–Crippen LogP) is 6.18. The standard InChI is InChI=1S/C27H24FNO/c1-27(2)14-20-10-9-19(13-21(20)15-27)26(30)24-17-29(25-6-4-3-5-23(24)25)16-18-7-11-22(28)12-8-18/h3-13,17H,14-16H2,1-2H3. The van der Waals surface area contributed by atoms with Crippen molar-refractivity contribution in [1.29, 1.82) is 0 Å². The van der Waals surface area contributed by atoms with Crippen molar-refractivity contribution in [3.05, 3.63) is 107 Å². The van der Waals surface area contributed by atoms with E-state index in [1.807, 2.05) is 36.5 Å². The van der Waals surface area contributed by atoms with Gasteiger partial charge < -0.3 is 4.57 Å². The number of carbonyl (C=O) groups excluding carboxylic acids is 1. The number of fused-ring (bicyclic) bond motifs is 2. The van der Waals surface area contributed by atoms with Crippen molar-refractivity contribution < 1.29 is 9.18 Å². The summed E-state index contributed by atoms with van der Waals surface area (Å²) >= 11 is 0. The lowest BCUT2D eigenvalue weighted by Crippen LogP contribution is -2.09. The van der Waals surface area contributed by atoms with E-state index >= 15 is 0 Å². The second-order valence-electron chi connectivity index (χ2n) is 9.14. The average Bonchev–Trinajstić information content (AvgIpc) is 3.24. The van der Waals surface area contributed by atoms with E-state index in [1.165, 1.54) is 23.3 Å². The van der Waals surface area contributed by atoms with E-state index in [0.717, 1.165) is 34.9 Å². The lowest BCUT2D eigenvalue weighted by atomic mass is 9.90. The first kappa shape index (κ1) is 18.8. The van der Waals surface area contributed by atoms with E-state index in [9.17, 15) is 9.18 Å². The molecule has 30 heavy (non-hydrogen) atoms. The van der Waals surface area contributed by atoms with Crippen LogP contribution in [0.3, 0.4) is 0 Å². The third-order valence-corrected chi connectivity index (χ3v) is 6.11. The molecule has 150 valence electrons. The molecule has 3 heteroatoms. The van der Waals surface area contributed by atoms with E-state index in [2.05, 4.69) is 30.5 Å². The Kier molecular flexibility index (Phi) is 4.35. The summed E-state index contributed by atoms with van der Waals surface area (Å²) in [6, 6.07) is 20.7. The van der Waals surface area contributed by atoms with E-state index in [1.54, 1.807) is 12.1 Å². The van der Waals surface area contributed by atoms with Crippen LogP contribution in [0.25, 0.3) is 10.9 Å². The molecule has 4 aromatic rings. The van der Waals surface area contributed by atoms with E-state index < -0.39 is 0 Å². The van der Waals surface area contributed by atoms with Crippen LogP contribution in [0.5, 0.6) is 0 Å². The van der Waals surface area contributed by atoms with Crippen molar-refractivity contribution >= 4 is 16.7 Å². The lowest BCUT2D eigenvalue weighted by Gasteiger charge is -2.14. The van der Waals surface area contributed by atoms with Gasteiger partial charge in [0, 0.05) is 34.8 Å². The Morgan fingerprint density at radius 2 is 1.70 bits per heavy atom. The molecule has 0 radical (unpaired) electrons. The Morgan fingerprint density at radius 3 is 2.50 bits per heavy atom. The molecule has 1 aromatic heterocycles. The van der Waals surface area contributed by atoms with Gasteiger partial charge >= 0.3 is 0 Å². The quantitative estimate of drug-likeness (QED) is 0.377. The van der Waals surface area contributed by atoms with Crippen LogP contribution < -0.4 is 0 Å². The molecule has 5 rings (SSSR count). The van der Waals surface area contributed by atoms with Crippen molar-refractivity contribution in [1.82, 2.24) is 4.57 Å². The summed E-state index contributed by atoms with van der Waals surface area (Å²) in [6.07, 6.45) is 4.01. The van der Waals surface area contributed by atoms with Gasteiger partial charge in [0.2, 0.25) is 0 Å².